The molecule has 2 N–H and O–H groups in total. The summed E-state index contributed by atoms with van der Waals surface area (Å²) in [5.74, 6) is 1.74. The highest BCUT2D eigenvalue weighted by Gasteiger charge is 2.32. The first-order valence-electron chi connectivity index (χ1n) is 11.3. The van der Waals surface area contributed by atoms with Gasteiger partial charge in [0.1, 0.15) is 17.1 Å². The standard InChI is InChI=1S/C25H25N5O5/c1-4-16-11-21(31)28-24(26-16)30-20(12-17(29-30)18-9-6-10-33-18)27-22(32)14-34-19-8-5-7-15-13-25(2,3)35-23(15)19/h5-12H,4,13-14H2,1-3H3,(H,27,32)(H,26,28,31). The van der Waals surface area contributed by atoms with Gasteiger partial charge in [-0.15, -0.1) is 0 Å². The molecule has 1 aromatic carbocycles. The molecule has 0 unspecified atom stereocenters. The molecule has 1 aliphatic rings. The topological polar surface area (TPSA) is 124 Å². The van der Waals surface area contributed by atoms with Gasteiger partial charge in [0.15, 0.2) is 23.9 Å². The second-order valence-corrected chi connectivity index (χ2v) is 8.84. The fraction of sp³-hybridized carbons (Fsp3) is 0.280. The highest BCUT2D eigenvalue weighted by molar-refractivity contribution is 5.91. The fourth-order valence-corrected chi connectivity index (χ4v) is 3.97. The van der Waals surface area contributed by atoms with Gasteiger partial charge in [-0.3, -0.25) is 14.6 Å². The van der Waals surface area contributed by atoms with Crippen molar-refractivity contribution in [3.8, 4) is 28.9 Å². The van der Waals surface area contributed by atoms with Gasteiger partial charge in [0.2, 0.25) is 5.95 Å². The molecule has 5 rings (SSSR count). The molecule has 180 valence electrons. The lowest BCUT2D eigenvalue weighted by molar-refractivity contribution is -0.118. The third kappa shape index (κ3) is 4.68. The molecule has 0 saturated heterocycles. The van der Waals surface area contributed by atoms with Crippen molar-refractivity contribution >= 4 is 11.7 Å². The number of fused-ring (bicyclic) bond motifs is 1. The number of anilines is 1. The molecule has 4 heterocycles. The van der Waals surface area contributed by atoms with Crippen molar-refractivity contribution in [2.24, 2.45) is 0 Å². The van der Waals surface area contributed by atoms with E-state index >= 15 is 0 Å². The zero-order chi connectivity index (χ0) is 24.6. The lowest BCUT2D eigenvalue weighted by Crippen LogP contribution is -2.25. The Morgan fingerprint density at radius 3 is 2.89 bits per heavy atom. The number of nitrogens with one attached hydrogen (secondary N) is 2. The number of carbonyl (C=O) groups excluding carboxylic acids is 1. The van der Waals surface area contributed by atoms with E-state index < -0.39 is 5.91 Å². The van der Waals surface area contributed by atoms with Crippen LogP contribution in [0.5, 0.6) is 11.5 Å². The second kappa shape index (κ2) is 8.79. The van der Waals surface area contributed by atoms with Gasteiger partial charge in [-0.05, 0) is 38.5 Å². The highest BCUT2D eigenvalue weighted by Crippen LogP contribution is 2.41. The molecule has 1 amide bonds. The van der Waals surface area contributed by atoms with E-state index in [2.05, 4.69) is 20.4 Å². The normalized spacial score (nSPS) is 13.8. The van der Waals surface area contributed by atoms with Crippen LogP contribution in [0, 0.1) is 0 Å². The number of hydrogen-bond donors (Lipinski definition) is 2. The maximum Gasteiger partial charge on any atom is 0.263 e. The molecule has 10 nitrogen and oxygen atoms in total. The molecule has 0 atom stereocenters. The van der Waals surface area contributed by atoms with Gasteiger partial charge >= 0.3 is 0 Å². The van der Waals surface area contributed by atoms with Crippen molar-refractivity contribution in [1.29, 1.82) is 0 Å². The van der Waals surface area contributed by atoms with Gasteiger partial charge < -0.3 is 19.2 Å². The number of aryl methyl sites for hydroxylation is 1. The lowest BCUT2D eigenvalue weighted by Gasteiger charge is -2.18. The SMILES string of the molecule is CCc1cc(=O)[nH]c(-n2nc(-c3ccco3)cc2NC(=O)COc2cccc3c2OC(C)(C)C3)n1. The summed E-state index contributed by atoms with van der Waals surface area (Å²) in [7, 11) is 0. The maximum absolute atomic E-state index is 12.8. The van der Waals surface area contributed by atoms with Crippen LogP contribution >= 0.6 is 0 Å². The number of aromatic nitrogens is 4. The first kappa shape index (κ1) is 22.5. The van der Waals surface area contributed by atoms with E-state index in [9.17, 15) is 9.59 Å². The first-order valence-corrected chi connectivity index (χ1v) is 11.3. The molecular weight excluding hydrogens is 450 g/mol. The van der Waals surface area contributed by atoms with Crippen LogP contribution in [-0.2, 0) is 17.6 Å². The minimum absolute atomic E-state index is 0.180. The summed E-state index contributed by atoms with van der Waals surface area (Å²) in [6, 6.07) is 12.2. The summed E-state index contributed by atoms with van der Waals surface area (Å²) in [6.45, 7) is 5.66. The third-order valence-electron chi connectivity index (χ3n) is 5.51. The summed E-state index contributed by atoms with van der Waals surface area (Å²) in [6.07, 6.45) is 2.86. The summed E-state index contributed by atoms with van der Waals surface area (Å²) in [5.41, 5.74) is 1.46. The number of H-pyrrole nitrogens is 1. The van der Waals surface area contributed by atoms with Crippen molar-refractivity contribution in [2.45, 2.75) is 39.2 Å². The van der Waals surface area contributed by atoms with E-state index in [1.807, 2.05) is 32.9 Å². The van der Waals surface area contributed by atoms with Crippen LogP contribution < -0.4 is 20.3 Å². The summed E-state index contributed by atoms with van der Waals surface area (Å²) in [4.78, 5) is 32.1. The highest BCUT2D eigenvalue weighted by atomic mass is 16.5. The average Bonchev–Trinajstić information content (AvgIpc) is 3.54. The predicted octanol–water partition coefficient (Wildman–Crippen LogP) is 3.51. The zero-order valence-electron chi connectivity index (χ0n) is 19.6. The van der Waals surface area contributed by atoms with E-state index in [0.29, 0.717) is 40.9 Å². The quantitative estimate of drug-likeness (QED) is 0.419. The molecule has 4 aromatic rings. The minimum Gasteiger partial charge on any atom is -0.483 e. The molecule has 35 heavy (non-hydrogen) atoms. The number of nitrogens with zero attached hydrogens (tertiary/aromatic N) is 3. The number of rotatable bonds is 7. The Bertz CT molecular complexity index is 1430. The van der Waals surface area contributed by atoms with Gasteiger partial charge in [0.25, 0.3) is 11.5 Å². The van der Waals surface area contributed by atoms with Gasteiger partial charge in [-0.2, -0.15) is 9.78 Å². The number of ether oxygens (including phenoxy) is 2. The lowest BCUT2D eigenvalue weighted by atomic mass is 10.0. The number of benzene rings is 1. The summed E-state index contributed by atoms with van der Waals surface area (Å²) in [5, 5.41) is 7.28. The fourth-order valence-electron chi connectivity index (χ4n) is 3.97. The molecule has 0 fully saturated rings. The van der Waals surface area contributed by atoms with Crippen LogP contribution in [0.4, 0.5) is 5.82 Å². The van der Waals surface area contributed by atoms with Crippen LogP contribution in [0.15, 0.2) is 57.9 Å². The van der Waals surface area contributed by atoms with Gasteiger partial charge in [-0.25, -0.2) is 4.98 Å². The second-order valence-electron chi connectivity index (χ2n) is 8.84. The number of para-hydroxylation sites is 1. The minimum atomic E-state index is -0.416. The summed E-state index contributed by atoms with van der Waals surface area (Å²) < 4.78 is 18.6. The van der Waals surface area contributed by atoms with Gasteiger partial charge in [0, 0.05) is 29.8 Å². The molecule has 0 saturated carbocycles. The van der Waals surface area contributed by atoms with E-state index in [-0.39, 0.29) is 23.7 Å². The van der Waals surface area contributed by atoms with E-state index in [1.165, 1.54) is 17.0 Å². The third-order valence-corrected chi connectivity index (χ3v) is 5.51. The number of aromatic amines is 1. The van der Waals surface area contributed by atoms with Crippen molar-refractivity contribution < 1.29 is 18.7 Å². The molecule has 1 aliphatic heterocycles. The first-order chi connectivity index (χ1) is 16.8. The Hall–Kier alpha value is -4.34. The number of carbonyl (C=O) groups is 1. The maximum atomic E-state index is 12.8. The predicted molar refractivity (Wildman–Crippen MR) is 128 cm³/mol. The van der Waals surface area contributed by atoms with Gasteiger partial charge in [0.05, 0.1) is 6.26 Å². The van der Waals surface area contributed by atoms with Crippen molar-refractivity contribution in [3.05, 3.63) is 70.3 Å². The largest absolute Gasteiger partial charge is 0.483 e. The Morgan fingerprint density at radius 2 is 2.11 bits per heavy atom. The molecule has 3 aromatic heterocycles. The molecule has 0 bridgehead atoms. The molecule has 0 radical (unpaired) electrons. The summed E-state index contributed by atoms with van der Waals surface area (Å²) >= 11 is 0. The van der Waals surface area contributed by atoms with Gasteiger partial charge in [-0.1, -0.05) is 19.1 Å². The molecule has 0 aliphatic carbocycles. The van der Waals surface area contributed by atoms with Crippen LogP contribution in [0.25, 0.3) is 17.4 Å². The van der Waals surface area contributed by atoms with Crippen LogP contribution in [0.1, 0.15) is 32.0 Å². The Labute approximate surface area is 200 Å². The van der Waals surface area contributed by atoms with E-state index in [0.717, 1.165) is 12.0 Å². The average molecular weight is 476 g/mol. The van der Waals surface area contributed by atoms with Crippen LogP contribution in [-0.4, -0.2) is 37.9 Å². The number of furan rings is 1. The smallest absolute Gasteiger partial charge is 0.263 e. The van der Waals surface area contributed by atoms with Crippen molar-refractivity contribution in [1.82, 2.24) is 19.7 Å². The van der Waals surface area contributed by atoms with Crippen molar-refractivity contribution in [2.75, 3.05) is 11.9 Å². The molecule has 0 spiro atoms. The molecular formula is C25H25N5O5. The Morgan fingerprint density at radius 1 is 1.26 bits per heavy atom. The van der Waals surface area contributed by atoms with Crippen LogP contribution in [0.2, 0.25) is 0 Å². The van der Waals surface area contributed by atoms with Crippen molar-refractivity contribution in [3.63, 3.8) is 0 Å². The monoisotopic (exact) mass is 475 g/mol. The number of amides is 1. The van der Waals surface area contributed by atoms with Crippen LogP contribution in [0.3, 0.4) is 0 Å². The van der Waals surface area contributed by atoms with E-state index in [1.54, 1.807) is 24.3 Å². The molecule has 10 heteroatoms. The zero-order valence-corrected chi connectivity index (χ0v) is 19.6. The number of hydrogen-bond acceptors (Lipinski definition) is 7. The van der Waals surface area contributed by atoms with E-state index in [4.69, 9.17) is 13.9 Å². The Kier molecular flexibility index (Phi) is 5.64. The Balaban J connectivity index is 1.39.